The van der Waals surface area contributed by atoms with Crippen molar-refractivity contribution < 1.29 is 4.74 Å². The van der Waals surface area contributed by atoms with Crippen molar-refractivity contribution in [3.05, 3.63) is 65.2 Å². The van der Waals surface area contributed by atoms with E-state index in [4.69, 9.17) is 10.00 Å². The summed E-state index contributed by atoms with van der Waals surface area (Å²) in [5.74, 6) is 0. The average molecular weight is 410 g/mol. The van der Waals surface area contributed by atoms with Crippen molar-refractivity contribution >= 4 is 18.1 Å². The van der Waals surface area contributed by atoms with E-state index in [-0.39, 0.29) is 18.0 Å². The fourth-order valence-electron chi connectivity index (χ4n) is 5.35. The number of anilines is 1. The maximum atomic E-state index is 9.13. The number of nitrogens with zero attached hydrogens (tertiary/aromatic N) is 3. The molecule has 1 aliphatic carbocycles. The van der Waals surface area contributed by atoms with Gasteiger partial charge in [0.15, 0.2) is 0 Å². The van der Waals surface area contributed by atoms with Crippen molar-refractivity contribution in [2.24, 2.45) is 0 Å². The first-order valence-electron chi connectivity index (χ1n) is 10.5. The van der Waals surface area contributed by atoms with Gasteiger partial charge in [-0.25, -0.2) is 0 Å². The van der Waals surface area contributed by atoms with Gasteiger partial charge in [0.1, 0.15) is 0 Å². The zero-order valence-electron chi connectivity index (χ0n) is 16.7. The zero-order chi connectivity index (χ0) is 19.0. The number of nitriles is 1. The van der Waals surface area contributed by atoms with Crippen molar-refractivity contribution in [3.8, 4) is 6.07 Å². The van der Waals surface area contributed by atoms with Crippen LogP contribution >= 0.6 is 12.4 Å². The molecule has 1 spiro atoms. The second kappa shape index (κ2) is 8.36. The zero-order valence-corrected chi connectivity index (χ0v) is 17.5. The third kappa shape index (κ3) is 3.75. The van der Waals surface area contributed by atoms with Gasteiger partial charge in [0.2, 0.25) is 0 Å². The van der Waals surface area contributed by atoms with Gasteiger partial charge >= 0.3 is 0 Å². The molecule has 1 saturated heterocycles. The second-order valence-corrected chi connectivity index (χ2v) is 8.36. The number of hydrogen-bond acceptors (Lipinski definition) is 4. The average Bonchev–Trinajstić information content (AvgIpc) is 3.13. The number of halogens is 1. The Balaban J connectivity index is 0.00000205. The maximum Gasteiger partial charge on any atom is 0.0992 e. The Labute approximate surface area is 179 Å². The summed E-state index contributed by atoms with van der Waals surface area (Å²) >= 11 is 0. The fraction of sp³-hybridized carbons (Fsp3) is 0.458. The third-order valence-electron chi connectivity index (χ3n) is 6.95. The van der Waals surface area contributed by atoms with E-state index < -0.39 is 0 Å². The van der Waals surface area contributed by atoms with Crippen molar-refractivity contribution in [1.29, 1.82) is 5.26 Å². The predicted octanol–water partition coefficient (Wildman–Crippen LogP) is 4.47. The van der Waals surface area contributed by atoms with Gasteiger partial charge in [0, 0.05) is 37.9 Å². The summed E-state index contributed by atoms with van der Waals surface area (Å²) in [7, 11) is 0. The Morgan fingerprint density at radius 2 is 1.72 bits per heavy atom. The first kappa shape index (κ1) is 20.2. The van der Waals surface area contributed by atoms with Crippen LogP contribution in [0.2, 0.25) is 0 Å². The predicted molar refractivity (Wildman–Crippen MR) is 117 cm³/mol. The van der Waals surface area contributed by atoms with Crippen LogP contribution in [0.4, 0.5) is 5.69 Å². The number of piperazine rings is 1. The molecular formula is C24H28ClN3O. The Morgan fingerprint density at radius 3 is 2.48 bits per heavy atom. The minimum absolute atomic E-state index is 0. The lowest BCUT2D eigenvalue weighted by molar-refractivity contribution is -0.0777. The van der Waals surface area contributed by atoms with E-state index in [1.165, 1.54) is 29.7 Å². The van der Waals surface area contributed by atoms with E-state index in [9.17, 15) is 0 Å². The summed E-state index contributed by atoms with van der Waals surface area (Å²) < 4.78 is 6.33. The molecule has 0 radical (unpaired) electrons. The van der Waals surface area contributed by atoms with Crippen molar-refractivity contribution in [1.82, 2.24) is 4.90 Å². The maximum absolute atomic E-state index is 9.13. The molecule has 4 nitrogen and oxygen atoms in total. The lowest BCUT2D eigenvalue weighted by atomic mass is 9.77. The fourth-order valence-corrected chi connectivity index (χ4v) is 5.35. The standard InChI is InChI=1S/C24H27N3O.ClH/c25-17-19-4-3-6-22(16-19)27-14-12-26(13-15-27)21-8-10-24(11-9-21)23-7-2-1-5-20(23)18-28-24;/h1-7,16,21H,8-15,18H2;1H/t21-,24-;. The molecule has 0 amide bonds. The van der Waals surface area contributed by atoms with Crippen LogP contribution in [0.15, 0.2) is 48.5 Å². The normalized spacial score (nSPS) is 26.6. The largest absolute Gasteiger partial charge is 0.369 e. The molecule has 0 bridgehead atoms. The quantitative estimate of drug-likeness (QED) is 0.733. The molecule has 2 fully saturated rings. The van der Waals surface area contributed by atoms with Gasteiger partial charge in [-0.2, -0.15) is 5.26 Å². The van der Waals surface area contributed by atoms with Crippen LogP contribution in [-0.4, -0.2) is 37.1 Å². The van der Waals surface area contributed by atoms with E-state index >= 15 is 0 Å². The number of benzene rings is 2. The molecule has 5 rings (SSSR count). The van der Waals surface area contributed by atoms with Crippen LogP contribution in [0, 0.1) is 11.3 Å². The number of hydrogen-bond donors (Lipinski definition) is 0. The van der Waals surface area contributed by atoms with Gasteiger partial charge in [-0.15, -0.1) is 12.4 Å². The Morgan fingerprint density at radius 1 is 0.966 bits per heavy atom. The highest BCUT2D eigenvalue weighted by molar-refractivity contribution is 5.85. The molecule has 2 aromatic rings. The molecule has 2 aromatic carbocycles. The molecule has 3 aliphatic rings. The molecule has 2 heterocycles. The van der Waals surface area contributed by atoms with Crippen LogP contribution in [0.5, 0.6) is 0 Å². The van der Waals surface area contributed by atoms with Crippen LogP contribution in [0.25, 0.3) is 0 Å². The van der Waals surface area contributed by atoms with Gasteiger partial charge in [0.05, 0.1) is 23.8 Å². The summed E-state index contributed by atoms with van der Waals surface area (Å²) in [5.41, 5.74) is 4.73. The minimum Gasteiger partial charge on any atom is -0.369 e. The third-order valence-corrected chi connectivity index (χ3v) is 6.95. The summed E-state index contributed by atoms with van der Waals surface area (Å²) in [6.45, 7) is 5.06. The van der Waals surface area contributed by atoms with Crippen LogP contribution in [0.1, 0.15) is 42.4 Å². The smallest absolute Gasteiger partial charge is 0.0992 e. The highest BCUT2D eigenvalue weighted by Gasteiger charge is 2.43. The van der Waals surface area contributed by atoms with Gasteiger partial charge < -0.3 is 9.64 Å². The molecule has 5 heteroatoms. The molecular weight excluding hydrogens is 382 g/mol. The van der Waals surface area contributed by atoms with Gasteiger partial charge in [0.25, 0.3) is 0 Å². The first-order chi connectivity index (χ1) is 13.8. The molecule has 0 unspecified atom stereocenters. The highest BCUT2D eigenvalue weighted by Crippen LogP contribution is 2.47. The molecule has 1 saturated carbocycles. The molecule has 0 aromatic heterocycles. The van der Waals surface area contributed by atoms with Crippen LogP contribution in [-0.2, 0) is 16.9 Å². The Hall–Kier alpha value is -2.06. The molecule has 0 N–H and O–H groups in total. The summed E-state index contributed by atoms with van der Waals surface area (Å²) in [6.07, 6.45) is 4.72. The monoisotopic (exact) mass is 409 g/mol. The minimum atomic E-state index is -0.0212. The molecule has 29 heavy (non-hydrogen) atoms. The van der Waals surface area contributed by atoms with Crippen molar-refractivity contribution in [2.75, 3.05) is 31.1 Å². The second-order valence-electron chi connectivity index (χ2n) is 8.36. The summed E-state index contributed by atoms with van der Waals surface area (Å²) in [6, 6.07) is 19.7. The van der Waals surface area contributed by atoms with E-state index in [1.807, 2.05) is 18.2 Å². The SMILES string of the molecule is Cl.N#Cc1cccc(N2CCN([C@H]3CC[C@@]4(CC3)OCc3ccccc34)CC2)c1. The summed E-state index contributed by atoms with van der Waals surface area (Å²) in [4.78, 5) is 5.09. The topological polar surface area (TPSA) is 39.5 Å². The molecule has 2 aliphatic heterocycles. The van der Waals surface area contributed by atoms with Crippen LogP contribution in [0.3, 0.4) is 0 Å². The Bertz CT molecular complexity index is 893. The lowest BCUT2D eigenvalue weighted by Crippen LogP contribution is -2.52. The van der Waals surface area contributed by atoms with E-state index in [0.29, 0.717) is 6.04 Å². The summed E-state index contributed by atoms with van der Waals surface area (Å²) in [5, 5.41) is 9.13. The first-order valence-corrected chi connectivity index (χ1v) is 10.5. The number of rotatable bonds is 2. The Kier molecular flexibility index (Phi) is 5.83. The van der Waals surface area contributed by atoms with Crippen molar-refractivity contribution in [2.45, 2.75) is 43.9 Å². The molecule has 0 atom stereocenters. The van der Waals surface area contributed by atoms with Gasteiger partial charge in [-0.05, 0) is 55.0 Å². The lowest BCUT2D eigenvalue weighted by Gasteiger charge is -2.45. The molecule has 152 valence electrons. The number of ether oxygens (including phenoxy) is 1. The highest BCUT2D eigenvalue weighted by atomic mass is 35.5. The van der Waals surface area contributed by atoms with Gasteiger partial charge in [-0.3, -0.25) is 4.90 Å². The number of fused-ring (bicyclic) bond motifs is 2. The van der Waals surface area contributed by atoms with E-state index in [2.05, 4.69) is 46.2 Å². The van der Waals surface area contributed by atoms with Gasteiger partial charge in [-0.1, -0.05) is 30.3 Å². The van der Waals surface area contributed by atoms with Crippen LogP contribution < -0.4 is 4.90 Å². The van der Waals surface area contributed by atoms with E-state index in [1.54, 1.807) is 0 Å². The van der Waals surface area contributed by atoms with Crippen molar-refractivity contribution in [3.63, 3.8) is 0 Å². The van der Waals surface area contributed by atoms with E-state index in [0.717, 1.165) is 51.2 Å².